The second-order valence-corrected chi connectivity index (χ2v) is 5.03. The molecule has 0 aliphatic carbocycles. The summed E-state index contributed by atoms with van der Waals surface area (Å²) < 4.78 is 5.60. The summed E-state index contributed by atoms with van der Waals surface area (Å²) in [6.07, 6.45) is 1.20. The van der Waals surface area contributed by atoms with E-state index in [4.69, 9.17) is 16.3 Å². The summed E-state index contributed by atoms with van der Waals surface area (Å²) in [5, 5.41) is 0.441. The van der Waals surface area contributed by atoms with E-state index >= 15 is 0 Å². The van der Waals surface area contributed by atoms with Crippen LogP contribution in [-0.2, 0) is 11.3 Å². The number of para-hydroxylation sites is 2. The minimum Gasteiger partial charge on any atom is -0.479 e. The second-order valence-electron chi connectivity index (χ2n) is 4.64. The molecule has 0 spiro atoms. The fraction of sp³-hybridized carbons (Fsp3) is 0.200. The molecule has 4 nitrogen and oxygen atoms in total. The number of anilines is 1. The molecule has 1 aromatic carbocycles. The Morgan fingerprint density at radius 2 is 2.10 bits per heavy atom. The third-order valence-corrected chi connectivity index (χ3v) is 3.43. The Labute approximate surface area is 122 Å². The van der Waals surface area contributed by atoms with E-state index in [0.29, 0.717) is 11.7 Å². The molecular weight excluding hydrogens is 276 g/mol. The SMILES string of the molecule is CC1Oc2ccccc2N(Cc2ccc(Cl)nc2)C1=O. The van der Waals surface area contributed by atoms with Gasteiger partial charge >= 0.3 is 0 Å². The molecule has 0 bridgehead atoms. The van der Waals surface area contributed by atoms with Crippen molar-refractivity contribution in [1.82, 2.24) is 4.98 Å². The Kier molecular flexibility index (Phi) is 3.32. The summed E-state index contributed by atoms with van der Waals surface area (Å²) >= 11 is 5.78. The highest BCUT2D eigenvalue weighted by Crippen LogP contribution is 2.34. The molecule has 0 radical (unpaired) electrons. The molecule has 0 N–H and O–H groups in total. The van der Waals surface area contributed by atoms with E-state index < -0.39 is 6.10 Å². The highest BCUT2D eigenvalue weighted by molar-refractivity contribution is 6.29. The van der Waals surface area contributed by atoms with Crippen molar-refractivity contribution in [1.29, 1.82) is 0 Å². The summed E-state index contributed by atoms with van der Waals surface area (Å²) in [4.78, 5) is 18.1. The summed E-state index contributed by atoms with van der Waals surface area (Å²) in [7, 11) is 0. The second kappa shape index (κ2) is 5.13. The van der Waals surface area contributed by atoms with E-state index in [0.717, 1.165) is 17.0 Å². The highest BCUT2D eigenvalue weighted by Gasteiger charge is 2.31. The minimum absolute atomic E-state index is 0.0568. The Hall–Kier alpha value is -2.07. The van der Waals surface area contributed by atoms with Crippen LogP contribution in [0.2, 0.25) is 5.15 Å². The lowest BCUT2D eigenvalue weighted by atomic mass is 10.1. The molecule has 1 aliphatic heterocycles. The lowest BCUT2D eigenvalue weighted by Gasteiger charge is -2.32. The molecule has 1 unspecified atom stereocenters. The van der Waals surface area contributed by atoms with Gasteiger partial charge in [-0.15, -0.1) is 0 Å². The van der Waals surface area contributed by atoms with Crippen LogP contribution in [0, 0.1) is 0 Å². The van der Waals surface area contributed by atoms with Crippen molar-refractivity contribution in [3.05, 3.63) is 53.3 Å². The summed E-state index contributed by atoms with van der Waals surface area (Å²) in [6, 6.07) is 11.1. The van der Waals surface area contributed by atoms with Crippen molar-refractivity contribution in [3.63, 3.8) is 0 Å². The zero-order chi connectivity index (χ0) is 14.1. The van der Waals surface area contributed by atoms with Gasteiger partial charge in [-0.1, -0.05) is 29.8 Å². The van der Waals surface area contributed by atoms with Crippen molar-refractivity contribution in [2.45, 2.75) is 19.6 Å². The van der Waals surface area contributed by atoms with E-state index in [2.05, 4.69) is 4.98 Å². The number of halogens is 1. The summed E-state index contributed by atoms with van der Waals surface area (Å²) in [5.41, 5.74) is 1.71. The van der Waals surface area contributed by atoms with Crippen LogP contribution in [0.15, 0.2) is 42.6 Å². The van der Waals surface area contributed by atoms with Gasteiger partial charge < -0.3 is 9.64 Å². The summed E-state index contributed by atoms with van der Waals surface area (Å²) in [5.74, 6) is 0.667. The fourth-order valence-electron chi connectivity index (χ4n) is 2.20. The number of hydrogen-bond acceptors (Lipinski definition) is 3. The third-order valence-electron chi connectivity index (χ3n) is 3.20. The molecule has 1 atom stereocenters. The number of rotatable bonds is 2. The molecule has 1 aromatic heterocycles. The van der Waals surface area contributed by atoms with Gasteiger partial charge in [0.1, 0.15) is 10.9 Å². The average molecular weight is 289 g/mol. The van der Waals surface area contributed by atoms with Gasteiger partial charge in [-0.25, -0.2) is 4.98 Å². The fourth-order valence-corrected chi connectivity index (χ4v) is 2.32. The Bertz CT molecular complexity index is 643. The van der Waals surface area contributed by atoms with Crippen molar-refractivity contribution < 1.29 is 9.53 Å². The number of hydrogen-bond donors (Lipinski definition) is 0. The van der Waals surface area contributed by atoms with E-state index in [1.54, 1.807) is 24.1 Å². The van der Waals surface area contributed by atoms with Crippen LogP contribution < -0.4 is 9.64 Å². The predicted molar refractivity (Wildman–Crippen MR) is 77.0 cm³/mol. The number of amides is 1. The van der Waals surface area contributed by atoms with Gasteiger partial charge in [-0.05, 0) is 30.7 Å². The third kappa shape index (κ3) is 2.34. The van der Waals surface area contributed by atoms with E-state index in [1.807, 2.05) is 30.3 Å². The van der Waals surface area contributed by atoms with Crippen molar-refractivity contribution in [2.75, 3.05) is 4.90 Å². The van der Waals surface area contributed by atoms with Gasteiger partial charge in [-0.2, -0.15) is 0 Å². The minimum atomic E-state index is -0.481. The van der Waals surface area contributed by atoms with Crippen LogP contribution in [0.25, 0.3) is 0 Å². The highest BCUT2D eigenvalue weighted by atomic mass is 35.5. The predicted octanol–water partition coefficient (Wildman–Crippen LogP) is 3.05. The number of benzene rings is 1. The number of ether oxygens (including phenoxy) is 1. The number of pyridine rings is 1. The number of carbonyl (C=O) groups is 1. The largest absolute Gasteiger partial charge is 0.479 e. The maximum absolute atomic E-state index is 12.3. The molecular formula is C15H13ClN2O2. The lowest BCUT2D eigenvalue weighted by Crippen LogP contribution is -2.43. The standard InChI is InChI=1S/C15H13ClN2O2/c1-10-15(19)18(9-11-6-7-14(16)17-8-11)12-4-2-3-5-13(12)20-10/h2-8,10H,9H2,1H3. The molecule has 0 fully saturated rings. The zero-order valence-electron chi connectivity index (χ0n) is 10.9. The lowest BCUT2D eigenvalue weighted by molar-refractivity contribution is -0.125. The number of aromatic nitrogens is 1. The number of carbonyl (C=O) groups excluding carboxylic acids is 1. The van der Waals surface area contributed by atoms with Crippen molar-refractivity contribution in [2.24, 2.45) is 0 Å². The molecule has 20 heavy (non-hydrogen) atoms. The molecule has 2 aromatic rings. The van der Waals surface area contributed by atoms with Gasteiger partial charge in [-0.3, -0.25) is 4.79 Å². The van der Waals surface area contributed by atoms with Crippen molar-refractivity contribution >= 4 is 23.2 Å². The quantitative estimate of drug-likeness (QED) is 0.798. The van der Waals surface area contributed by atoms with Gasteiger partial charge in [0.2, 0.25) is 0 Å². The van der Waals surface area contributed by atoms with Crippen LogP contribution in [0.1, 0.15) is 12.5 Å². The molecule has 5 heteroatoms. The number of fused-ring (bicyclic) bond motifs is 1. The van der Waals surface area contributed by atoms with Crippen LogP contribution >= 0.6 is 11.6 Å². The van der Waals surface area contributed by atoms with Gasteiger partial charge in [0, 0.05) is 6.20 Å². The van der Waals surface area contributed by atoms with Crippen LogP contribution in [-0.4, -0.2) is 17.0 Å². The Morgan fingerprint density at radius 1 is 1.30 bits per heavy atom. The van der Waals surface area contributed by atoms with Crippen LogP contribution in [0.4, 0.5) is 5.69 Å². The average Bonchev–Trinajstić information content (AvgIpc) is 2.46. The molecule has 2 heterocycles. The molecule has 3 rings (SSSR count). The summed E-state index contributed by atoms with van der Waals surface area (Å²) in [6.45, 7) is 2.21. The normalized spacial score (nSPS) is 17.6. The number of nitrogens with zero attached hydrogens (tertiary/aromatic N) is 2. The Morgan fingerprint density at radius 3 is 2.85 bits per heavy atom. The van der Waals surface area contributed by atoms with Gasteiger partial charge in [0.15, 0.2) is 6.10 Å². The molecule has 1 amide bonds. The smallest absolute Gasteiger partial charge is 0.268 e. The van der Waals surface area contributed by atoms with Crippen LogP contribution in [0.3, 0.4) is 0 Å². The Balaban J connectivity index is 1.95. The first-order valence-electron chi connectivity index (χ1n) is 6.32. The van der Waals surface area contributed by atoms with Gasteiger partial charge in [0.25, 0.3) is 5.91 Å². The van der Waals surface area contributed by atoms with E-state index in [9.17, 15) is 4.79 Å². The first-order chi connectivity index (χ1) is 9.65. The van der Waals surface area contributed by atoms with Crippen LogP contribution in [0.5, 0.6) is 5.75 Å². The monoisotopic (exact) mass is 288 g/mol. The molecule has 102 valence electrons. The molecule has 0 saturated heterocycles. The molecule has 0 saturated carbocycles. The topological polar surface area (TPSA) is 42.4 Å². The van der Waals surface area contributed by atoms with Crippen molar-refractivity contribution in [3.8, 4) is 5.75 Å². The van der Waals surface area contributed by atoms with E-state index in [-0.39, 0.29) is 5.91 Å². The first kappa shape index (κ1) is 12.9. The van der Waals surface area contributed by atoms with E-state index in [1.165, 1.54) is 0 Å². The molecule has 1 aliphatic rings. The zero-order valence-corrected chi connectivity index (χ0v) is 11.7. The van der Waals surface area contributed by atoms with Gasteiger partial charge in [0.05, 0.1) is 12.2 Å². The maximum atomic E-state index is 12.3. The first-order valence-corrected chi connectivity index (χ1v) is 6.70. The maximum Gasteiger partial charge on any atom is 0.268 e.